The summed E-state index contributed by atoms with van der Waals surface area (Å²) in [5.41, 5.74) is 0.991. The summed E-state index contributed by atoms with van der Waals surface area (Å²) < 4.78 is 34.0. The number of aliphatic hydroxyl groups is 1. The zero-order valence-electron chi connectivity index (χ0n) is 21.9. The van der Waals surface area contributed by atoms with Crippen LogP contribution in [0.2, 0.25) is 0 Å². The molecule has 1 aromatic heterocycles. The summed E-state index contributed by atoms with van der Waals surface area (Å²) in [7, 11) is 1.56. The number of hydrogen-bond donors (Lipinski definition) is 1. The Labute approximate surface area is 226 Å². The summed E-state index contributed by atoms with van der Waals surface area (Å²) in [6, 6.07) is 12.7. The second kappa shape index (κ2) is 12.0. The van der Waals surface area contributed by atoms with Crippen LogP contribution >= 0.6 is 0 Å². The molecule has 0 saturated heterocycles. The number of halogens is 2. The largest absolute Gasteiger partial charge is 0.472 e. The normalized spacial score (nSPS) is 17.6. The van der Waals surface area contributed by atoms with E-state index in [1.807, 2.05) is 6.92 Å². The first kappa shape index (κ1) is 27.7. The molecule has 2 heterocycles. The molecule has 7 nitrogen and oxygen atoms in total. The van der Waals surface area contributed by atoms with Gasteiger partial charge in [0, 0.05) is 36.8 Å². The smallest absolute Gasteiger partial charge is 0.259 e. The van der Waals surface area contributed by atoms with E-state index in [0.717, 1.165) is 0 Å². The Morgan fingerprint density at radius 2 is 1.92 bits per heavy atom. The fourth-order valence-electron chi connectivity index (χ4n) is 4.29. The van der Waals surface area contributed by atoms with E-state index in [0.29, 0.717) is 11.1 Å². The molecule has 0 saturated carbocycles. The second-order valence-corrected chi connectivity index (χ2v) is 9.63. The fraction of sp³-hybridized carbons (Fsp3) is 0.300. The van der Waals surface area contributed by atoms with Crippen LogP contribution in [0.4, 0.5) is 8.78 Å². The van der Waals surface area contributed by atoms with Crippen LogP contribution in [-0.2, 0) is 0 Å². The summed E-state index contributed by atoms with van der Waals surface area (Å²) >= 11 is 0. The molecule has 1 aliphatic heterocycles. The summed E-state index contributed by atoms with van der Waals surface area (Å²) in [4.78, 5) is 33.8. The highest BCUT2D eigenvalue weighted by molar-refractivity contribution is 5.97. The highest BCUT2D eigenvalue weighted by Crippen LogP contribution is 2.27. The third-order valence-electron chi connectivity index (χ3n) is 6.60. The Bertz CT molecular complexity index is 1430. The van der Waals surface area contributed by atoms with Crippen molar-refractivity contribution in [1.29, 1.82) is 0 Å². The molecule has 3 aromatic rings. The summed E-state index contributed by atoms with van der Waals surface area (Å²) in [6.07, 6.45) is 0.859. The van der Waals surface area contributed by atoms with Crippen molar-refractivity contribution in [2.75, 3.05) is 26.7 Å². The molecular formula is C30H29F2N3O4. The van der Waals surface area contributed by atoms with Crippen LogP contribution in [0.3, 0.4) is 0 Å². The van der Waals surface area contributed by atoms with Crippen molar-refractivity contribution in [1.82, 2.24) is 14.8 Å². The number of aromatic nitrogens is 1. The van der Waals surface area contributed by atoms with E-state index in [-0.39, 0.29) is 48.5 Å². The van der Waals surface area contributed by atoms with Gasteiger partial charge in [0.05, 0.1) is 24.8 Å². The average Bonchev–Trinajstić information content (AvgIpc) is 2.93. The van der Waals surface area contributed by atoms with Crippen LogP contribution in [0.1, 0.15) is 45.7 Å². The molecule has 0 radical (unpaired) electrons. The fourth-order valence-corrected chi connectivity index (χ4v) is 4.29. The Kier molecular flexibility index (Phi) is 8.57. The molecule has 0 fully saturated rings. The average molecular weight is 534 g/mol. The number of benzene rings is 2. The summed E-state index contributed by atoms with van der Waals surface area (Å²) in [5.74, 6) is 3.66. The number of nitrogens with zero attached hydrogens (tertiary/aromatic N) is 3. The van der Waals surface area contributed by atoms with Gasteiger partial charge < -0.3 is 19.6 Å². The van der Waals surface area contributed by atoms with E-state index in [1.165, 1.54) is 41.4 Å². The third kappa shape index (κ3) is 6.41. The minimum atomic E-state index is -0.617. The zero-order chi connectivity index (χ0) is 28.1. The van der Waals surface area contributed by atoms with Crippen molar-refractivity contribution in [2.45, 2.75) is 26.0 Å². The standard InChI is InChI=1S/C30H29F2N3O4/c1-19-16-35(20(2)18-36)30(38)25-14-22(12-11-21-7-6-8-23(31)13-21)15-33-28(25)39-27(19)17-34(3)29(37)24-9-4-5-10-26(24)32/h4-10,13-15,19-20,27,36H,16-18H2,1-3H3/t19-,20+,27-/m0/s1. The van der Waals surface area contributed by atoms with E-state index in [4.69, 9.17) is 4.74 Å². The van der Waals surface area contributed by atoms with E-state index in [1.54, 1.807) is 43.1 Å². The number of rotatable bonds is 5. The predicted octanol–water partition coefficient (Wildman–Crippen LogP) is 3.75. The molecule has 1 aliphatic rings. The van der Waals surface area contributed by atoms with Crippen LogP contribution in [-0.4, -0.2) is 70.6 Å². The van der Waals surface area contributed by atoms with Gasteiger partial charge in [-0.2, -0.15) is 0 Å². The number of fused-ring (bicyclic) bond motifs is 1. The lowest BCUT2D eigenvalue weighted by atomic mass is 9.99. The quantitative estimate of drug-likeness (QED) is 0.506. The number of ether oxygens (including phenoxy) is 1. The monoisotopic (exact) mass is 533 g/mol. The molecule has 39 heavy (non-hydrogen) atoms. The van der Waals surface area contributed by atoms with Crippen molar-refractivity contribution in [3.05, 3.63) is 94.7 Å². The maximum Gasteiger partial charge on any atom is 0.259 e. The lowest BCUT2D eigenvalue weighted by Crippen LogP contribution is -2.50. The van der Waals surface area contributed by atoms with Crippen molar-refractivity contribution in [3.8, 4) is 17.7 Å². The molecule has 0 spiro atoms. The number of carbonyl (C=O) groups is 2. The van der Waals surface area contributed by atoms with Crippen LogP contribution < -0.4 is 4.74 Å². The Hall–Kier alpha value is -4.29. The molecule has 0 bridgehead atoms. The third-order valence-corrected chi connectivity index (χ3v) is 6.60. The van der Waals surface area contributed by atoms with Gasteiger partial charge >= 0.3 is 0 Å². The van der Waals surface area contributed by atoms with Crippen molar-refractivity contribution >= 4 is 11.8 Å². The molecular weight excluding hydrogens is 504 g/mol. The van der Waals surface area contributed by atoms with Crippen LogP contribution in [0.15, 0.2) is 60.8 Å². The first-order chi connectivity index (χ1) is 18.7. The lowest BCUT2D eigenvalue weighted by molar-refractivity contribution is 0.0312. The van der Waals surface area contributed by atoms with Crippen LogP contribution in [0.5, 0.6) is 5.88 Å². The van der Waals surface area contributed by atoms with E-state index in [9.17, 15) is 23.5 Å². The van der Waals surface area contributed by atoms with E-state index < -0.39 is 29.7 Å². The summed E-state index contributed by atoms with van der Waals surface area (Å²) in [5, 5.41) is 9.84. The number of amides is 2. The minimum absolute atomic E-state index is 0.0516. The molecule has 9 heteroatoms. The topological polar surface area (TPSA) is 83.0 Å². The van der Waals surface area contributed by atoms with Gasteiger partial charge in [0.25, 0.3) is 11.8 Å². The minimum Gasteiger partial charge on any atom is -0.472 e. The van der Waals surface area contributed by atoms with Gasteiger partial charge in [0.15, 0.2) is 0 Å². The Morgan fingerprint density at radius 1 is 1.18 bits per heavy atom. The maximum atomic E-state index is 14.2. The van der Waals surface area contributed by atoms with Crippen molar-refractivity contribution < 1.29 is 28.2 Å². The van der Waals surface area contributed by atoms with E-state index >= 15 is 0 Å². The Balaban J connectivity index is 1.66. The van der Waals surface area contributed by atoms with Gasteiger partial charge in [-0.15, -0.1) is 0 Å². The molecule has 0 unspecified atom stereocenters. The SMILES string of the molecule is C[C@H](CO)N1C[C@H](C)[C@H](CN(C)C(=O)c2ccccc2F)Oc2ncc(C#Cc3cccc(F)c3)cc2C1=O. The molecule has 2 aromatic carbocycles. The van der Waals surface area contributed by atoms with Crippen molar-refractivity contribution in [2.24, 2.45) is 5.92 Å². The molecule has 0 aliphatic carbocycles. The molecule has 4 rings (SSSR count). The Morgan fingerprint density at radius 3 is 2.64 bits per heavy atom. The van der Waals surface area contributed by atoms with Crippen molar-refractivity contribution in [3.63, 3.8) is 0 Å². The van der Waals surface area contributed by atoms with Gasteiger partial charge in [-0.1, -0.05) is 37.0 Å². The van der Waals surface area contributed by atoms with Gasteiger partial charge in [-0.3, -0.25) is 9.59 Å². The number of pyridine rings is 1. The van der Waals surface area contributed by atoms with Gasteiger partial charge in [0.1, 0.15) is 23.3 Å². The molecule has 3 atom stereocenters. The second-order valence-electron chi connectivity index (χ2n) is 9.63. The number of aliphatic hydroxyl groups excluding tert-OH is 1. The van der Waals surface area contributed by atoms with Gasteiger partial charge in [-0.05, 0) is 43.3 Å². The number of hydrogen-bond acceptors (Lipinski definition) is 5. The maximum absolute atomic E-state index is 14.2. The number of carbonyl (C=O) groups excluding carboxylic acids is 2. The van der Waals surface area contributed by atoms with Crippen LogP contribution in [0, 0.1) is 29.4 Å². The molecule has 202 valence electrons. The summed E-state index contributed by atoms with van der Waals surface area (Å²) in [6.45, 7) is 3.70. The first-order valence-corrected chi connectivity index (χ1v) is 12.5. The highest BCUT2D eigenvalue weighted by atomic mass is 19.1. The zero-order valence-corrected chi connectivity index (χ0v) is 21.9. The van der Waals surface area contributed by atoms with Gasteiger partial charge in [0.2, 0.25) is 5.88 Å². The lowest BCUT2D eigenvalue weighted by Gasteiger charge is -2.37. The molecule has 2 amide bonds. The predicted molar refractivity (Wildman–Crippen MR) is 141 cm³/mol. The molecule has 1 N–H and O–H groups in total. The highest BCUT2D eigenvalue weighted by Gasteiger charge is 2.35. The first-order valence-electron chi connectivity index (χ1n) is 12.5. The van der Waals surface area contributed by atoms with E-state index in [2.05, 4.69) is 16.8 Å². The van der Waals surface area contributed by atoms with Crippen LogP contribution in [0.25, 0.3) is 0 Å². The number of likely N-dealkylation sites (N-methyl/N-ethyl adjacent to an activating group) is 1. The van der Waals surface area contributed by atoms with Gasteiger partial charge in [-0.25, -0.2) is 13.8 Å².